The highest BCUT2D eigenvalue weighted by Gasteiger charge is 2.08. The molecule has 0 aliphatic carbocycles. The Balaban J connectivity index is 2.64. The normalized spacial score (nSPS) is 12.5. The Labute approximate surface area is 105 Å². The SMILES string of the molecule is CCNCC(O)Cc1cc(OC)ccc1Br. The number of rotatable bonds is 6. The van der Waals surface area contributed by atoms with Gasteiger partial charge >= 0.3 is 0 Å². The molecule has 90 valence electrons. The lowest BCUT2D eigenvalue weighted by molar-refractivity contribution is 0.172. The van der Waals surface area contributed by atoms with Crippen molar-refractivity contribution in [2.45, 2.75) is 19.4 Å². The zero-order valence-electron chi connectivity index (χ0n) is 9.66. The van der Waals surface area contributed by atoms with Gasteiger partial charge in [0.05, 0.1) is 13.2 Å². The summed E-state index contributed by atoms with van der Waals surface area (Å²) in [6.45, 7) is 3.50. The van der Waals surface area contributed by atoms with Crippen LogP contribution < -0.4 is 10.1 Å². The molecule has 1 atom stereocenters. The molecule has 0 aliphatic rings. The van der Waals surface area contributed by atoms with Crippen LogP contribution in [0.25, 0.3) is 0 Å². The average molecular weight is 288 g/mol. The molecule has 0 heterocycles. The van der Waals surface area contributed by atoms with E-state index in [1.807, 2.05) is 25.1 Å². The predicted molar refractivity (Wildman–Crippen MR) is 68.9 cm³/mol. The molecular formula is C12H18BrNO2. The molecule has 1 aromatic rings. The maximum Gasteiger partial charge on any atom is 0.119 e. The van der Waals surface area contributed by atoms with E-state index in [4.69, 9.17) is 4.74 Å². The molecule has 0 aliphatic heterocycles. The van der Waals surface area contributed by atoms with Gasteiger partial charge in [-0.1, -0.05) is 22.9 Å². The molecule has 2 N–H and O–H groups in total. The molecule has 0 fully saturated rings. The van der Waals surface area contributed by atoms with E-state index >= 15 is 0 Å². The first-order valence-corrected chi connectivity index (χ1v) is 6.17. The van der Waals surface area contributed by atoms with Crippen molar-refractivity contribution in [1.29, 1.82) is 0 Å². The lowest BCUT2D eigenvalue weighted by atomic mass is 10.1. The lowest BCUT2D eigenvalue weighted by Crippen LogP contribution is -2.28. The fourth-order valence-electron chi connectivity index (χ4n) is 1.47. The number of nitrogens with one attached hydrogen (secondary N) is 1. The monoisotopic (exact) mass is 287 g/mol. The summed E-state index contributed by atoms with van der Waals surface area (Å²) in [5.41, 5.74) is 1.06. The highest BCUT2D eigenvalue weighted by Crippen LogP contribution is 2.23. The molecule has 1 aromatic carbocycles. The van der Waals surface area contributed by atoms with Crippen LogP contribution in [0.3, 0.4) is 0 Å². The molecule has 0 aromatic heterocycles. The lowest BCUT2D eigenvalue weighted by Gasteiger charge is -2.13. The van der Waals surface area contributed by atoms with Gasteiger partial charge in [0.2, 0.25) is 0 Å². The number of hydrogen-bond acceptors (Lipinski definition) is 3. The van der Waals surface area contributed by atoms with E-state index in [0.717, 1.165) is 22.3 Å². The second-order valence-corrected chi connectivity index (χ2v) is 4.48. The molecular weight excluding hydrogens is 270 g/mol. The van der Waals surface area contributed by atoms with Gasteiger partial charge in [-0.3, -0.25) is 0 Å². The van der Waals surface area contributed by atoms with Crippen molar-refractivity contribution < 1.29 is 9.84 Å². The van der Waals surface area contributed by atoms with Crippen LogP contribution in [0.4, 0.5) is 0 Å². The van der Waals surface area contributed by atoms with Gasteiger partial charge in [-0.2, -0.15) is 0 Å². The maximum absolute atomic E-state index is 9.80. The number of likely N-dealkylation sites (N-methyl/N-ethyl adjacent to an activating group) is 1. The van der Waals surface area contributed by atoms with Crippen molar-refractivity contribution in [3.05, 3.63) is 28.2 Å². The number of ether oxygens (including phenoxy) is 1. The van der Waals surface area contributed by atoms with Crippen molar-refractivity contribution >= 4 is 15.9 Å². The molecule has 0 bridgehead atoms. The Hall–Kier alpha value is -0.580. The van der Waals surface area contributed by atoms with Crippen molar-refractivity contribution in [3.8, 4) is 5.75 Å². The highest BCUT2D eigenvalue weighted by atomic mass is 79.9. The number of aliphatic hydroxyl groups excluding tert-OH is 1. The minimum atomic E-state index is -0.372. The third kappa shape index (κ3) is 4.12. The number of hydrogen-bond donors (Lipinski definition) is 2. The summed E-state index contributed by atoms with van der Waals surface area (Å²) < 4.78 is 6.16. The summed E-state index contributed by atoms with van der Waals surface area (Å²) in [4.78, 5) is 0. The van der Waals surface area contributed by atoms with Crippen LogP contribution in [0.5, 0.6) is 5.75 Å². The van der Waals surface area contributed by atoms with Crippen LogP contribution in [0.15, 0.2) is 22.7 Å². The van der Waals surface area contributed by atoms with Crippen molar-refractivity contribution in [2.24, 2.45) is 0 Å². The number of aliphatic hydroxyl groups is 1. The number of methoxy groups -OCH3 is 1. The van der Waals surface area contributed by atoms with E-state index in [-0.39, 0.29) is 6.10 Å². The summed E-state index contributed by atoms with van der Waals surface area (Å²) in [5.74, 6) is 0.814. The Bertz CT molecular complexity index is 331. The summed E-state index contributed by atoms with van der Waals surface area (Å²) in [6.07, 6.45) is 0.244. The first-order chi connectivity index (χ1) is 7.67. The average Bonchev–Trinajstić information content (AvgIpc) is 2.29. The third-order valence-corrected chi connectivity index (χ3v) is 3.11. The van der Waals surface area contributed by atoms with Crippen LogP contribution in [0.2, 0.25) is 0 Å². The van der Waals surface area contributed by atoms with Gasteiger partial charge in [-0.05, 0) is 30.3 Å². The smallest absolute Gasteiger partial charge is 0.119 e. The maximum atomic E-state index is 9.80. The summed E-state index contributed by atoms with van der Waals surface area (Å²) >= 11 is 3.47. The molecule has 1 rings (SSSR count). The van der Waals surface area contributed by atoms with Crippen LogP contribution >= 0.6 is 15.9 Å². The summed E-state index contributed by atoms with van der Waals surface area (Å²) in [5, 5.41) is 12.9. The molecule has 0 saturated carbocycles. The van der Waals surface area contributed by atoms with E-state index in [1.54, 1.807) is 7.11 Å². The van der Waals surface area contributed by atoms with E-state index in [9.17, 15) is 5.11 Å². The number of halogens is 1. The minimum Gasteiger partial charge on any atom is -0.497 e. The predicted octanol–water partition coefficient (Wildman–Crippen LogP) is 1.97. The van der Waals surface area contributed by atoms with Crippen LogP contribution in [-0.2, 0) is 6.42 Å². The molecule has 16 heavy (non-hydrogen) atoms. The van der Waals surface area contributed by atoms with Gasteiger partial charge in [-0.15, -0.1) is 0 Å². The minimum absolute atomic E-state index is 0.372. The van der Waals surface area contributed by atoms with E-state index in [0.29, 0.717) is 13.0 Å². The van der Waals surface area contributed by atoms with Gasteiger partial charge in [0, 0.05) is 17.4 Å². The molecule has 0 saturated heterocycles. The zero-order chi connectivity index (χ0) is 12.0. The Morgan fingerprint density at radius 3 is 2.88 bits per heavy atom. The molecule has 1 unspecified atom stereocenters. The molecule has 4 heteroatoms. The van der Waals surface area contributed by atoms with Gasteiger partial charge in [0.25, 0.3) is 0 Å². The first-order valence-electron chi connectivity index (χ1n) is 5.38. The van der Waals surface area contributed by atoms with Crippen molar-refractivity contribution in [2.75, 3.05) is 20.2 Å². The Morgan fingerprint density at radius 2 is 2.25 bits per heavy atom. The third-order valence-electron chi connectivity index (χ3n) is 2.34. The fourth-order valence-corrected chi connectivity index (χ4v) is 1.88. The summed E-state index contributed by atoms with van der Waals surface area (Å²) in [6, 6.07) is 5.78. The standard InChI is InChI=1S/C12H18BrNO2/c1-3-14-8-10(15)6-9-7-11(16-2)4-5-12(9)13/h4-5,7,10,14-15H,3,6,8H2,1-2H3. The van der Waals surface area contributed by atoms with Gasteiger partial charge in [-0.25, -0.2) is 0 Å². The fraction of sp³-hybridized carbons (Fsp3) is 0.500. The first kappa shape index (κ1) is 13.5. The van der Waals surface area contributed by atoms with Crippen LogP contribution in [-0.4, -0.2) is 31.4 Å². The second-order valence-electron chi connectivity index (χ2n) is 3.62. The largest absolute Gasteiger partial charge is 0.497 e. The topological polar surface area (TPSA) is 41.5 Å². The summed E-state index contributed by atoms with van der Waals surface area (Å²) in [7, 11) is 1.64. The van der Waals surface area contributed by atoms with Crippen LogP contribution in [0, 0.1) is 0 Å². The van der Waals surface area contributed by atoms with Crippen molar-refractivity contribution in [1.82, 2.24) is 5.32 Å². The highest BCUT2D eigenvalue weighted by molar-refractivity contribution is 9.10. The van der Waals surface area contributed by atoms with Gasteiger partial charge in [0.15, 0.2) is 0 Å². The van der Waals surface area contributed by atoms with E-state index in [1.165, 1.54) is 0 Å². The van der Waals surface area contributed by atoms with Gasteiger partial charge in [0.1, 0.15) is 5.75 Å². The van der Waals surface area contributed by atoms with E-state index < -0.39 is 0 Å². The van der Waals surface area contributed by atoms with Crippen LogP contribution in [0.1, 0.15) is 12.5 Å². The molecule has 3 nitrogen and oxygen atoms in total. The molecule has 0 amide bonds. The number of benzene rings is 1. The zero-order valence-corrected chi connectivity index (χ0v) is 11.3. The van der Waals surface area contributed by atoms with Crippen molar-refractivity contribution in [3.63, 3.8) is 0 Å². The van der Waals surface area contributed by atoms with E-state index in [2.05, 4.69) is 21.2 Å². The molecule has 0 spiro atoms. The second kappa shape index (κ2) is 6.89. The van der Waals surface area contributed by atoms with Gasteiger partial charge < -0.3 is 15.2 Å². The quantitative estimate of drug-likeness (QED) is 0.841. The molecule has 0 radical (unpaired) electrons. The Kier molecular flexibility index (Phi) is 5.80. The Morgan fingerprint density at radius 1 is 1.50 bits per heavy atom.